The summed E-state index contributed by atoms with van der Waals surface area (Å²) in [6.45, 7) is -0.442. The summed E-state index contributed by atoms with van der Waals surface area (Å²) in [4.78, 5) is 23.9. The first kappa shape index (κ1) is 22.4. The molecule has 0 saturated heterocycles. The molecule has 0 aliphatic heterocycles. The number of aliphatic hydroxyl groups is 1. The average Bonchev–Trinajstić information content (AvgIpc) is 3.54. The van der Waals surface area contributed by atoms with Crippen LogP contribution in [0.5, 0.6) is 5.75 Å². The van der Waals surface area contributed by atoms with E-state index in [9.17, 15) is 27.9 Å². The molecular formula is C21H22F3N3O4. The van der Waals surface area contributed by atoms with Crippen LogP contribution in [-0.4, -0.2) is 42.3 Å². The topological polar surface area (TPSA) is 99.7 Å². The first-order valence-corrected chi connectivity index (χ1v) is 9.64. The molecule has 1 saturated carbocycles. The highest BCUT2D eigenvalue weighted by Crippen LogP contribution is 2.31. The van der Waals surface area contributed by atoms with E-state index in [1.54, 1.807) is 12.1 Å². The van der Waals surface area contributed by atoms with Crippen molar-refractivity contribution in [3.63, 3.8) is 0 Å². The largest absolute Gasteiger partial charge is 0.491 e. The summed E-state index contributed by atoms with van der Waals surface area (Å²) in [5.41, 5.74) is -0.000815. The zero-order valence-corrected chi connectivity index (χ0v) is 16.4. The quantitative estimate of drug-likeness (QED) is 0.510. The van der Waals surface area contributed by atoms with Crippen LogP contribution in [0.2, 0.25) is 0 Å². The second kappa shape index (κ2) is 9.69. The predicted molar refractivity (Wildman–Crippen MR) is 107 cm³/mol. The lowest BCUT2D eigenvalue weighted by molar-refractivity contribution is -0.137. The van der Waals surface area contributed by atoms with E-state index in [1.165, 1.54) is 24.3 Å². The lowest BCUT2D eigenvalue weighted by Crippen LogP contribution is -2.35. The molecular weight excluding hydrogens is 415 g/mol. The highest BCUT2D eigenvalue weighted by molar-refractivity contribution is 5.95. The molecule has 0 aromatic heterocycles. The molecule has 2 aromatic rings. The number of carbonyl (C=O) groups is 2. The van der Waals surface area contributed by atoms with Gasteiger partial charge in [0, 0.05) is 23.8 Å². The Balaban J connectivity index is 1.42. The predicted octanol–water partition coefficient (Wildman–Crippen LogP) is 3.16. The Morgan fingerprint density at radius 1 is 1.13 bits per heavy atom. The number of halogens is 3. The fourth-order valence-electron chi connectivity index (χ4n) is 2.61. The molecule has 3 amide bonds. The smallest absolute Gasteiger partial charge is 0.416 e. The molecule has 0 radical (unpaired) electrons. The summed E-state index contributed by atoms with van der Waals surface area (Å²) < 4.78 is 43.3. The summed E-state index contributed by atoms with van der Waals surface area (Å²) in [5, 5.41) is 17.9. The minimum Gasteiger partial charge on any atom is -0.491 e. The number of urea groups is 1. The van der Waals surface area contributed by atoms with E-state index in [-0.39, 0.29) is 31.0 Å². The third-order valence-electron chi connectivity index (χ3n) is 4.42. The molecule has 1 aliphatic rings. The van der Waals surface area contributed by atoms with Gasteiger partial charge in [-0.05, 0) is 55.3 Å². The van der Waals surface area contributed by atoms with E-state index in [4.69, 9.17) is 4.74 Å². The van der Waals surface area contributed by atoms with Gasteiger partial charge in [0.2, 0.25) is 0 Å². The zero-order chi connectivity index (χ0) is 22.4. The molecule has 31 heavy (non-hydrogen) atoms. The SMILES string of the molecule is O=C(Nc1ccc(C(=O)NCC(O)COc2cccc(C(F)(F)F)c2)cc1)NC1CC1. The molecule has 1 fully saturated rings. The van der Waals surface area contributed by atoms with E-state index in [2.05, 4.69) is 16.0 Å². The van der Waals surface area contributed by atoms with E-state index >= 15 is 0 Å². The van der Waals surface area contributed by atoms with Crippen molar-refractivity contribution in [3.8, 4) is 5.75 Å². The second-order valence-electron chi connectivity index (χ2n) is 7.15. The van der Waals surface area contributed by atoms with E-state index in [0.29, 0.717) is 11.3 Å². The Kier molecular flexibility index (Phi) is 7.01. The first-order chi connectivity index (χ1) is 14.7. The molecule has 4 N–H and O–H groups in total. The van der Waals surface area contributed by atoms with Gasteiger partial charge in [0.1, 0.15) is 18.5 Å². The second-order valence-corrected chi connectivity index (χ2v) is 7.15. The summed E-state index contributed by atoms with van der Waals surface area (Å²) in [5.74, 6) is -0.485. The third kappa shape index (κ3) is 7.18. The number of alkyl halides is 3. The summed E-state index contributed by atoms with van der Waals surface area (Å²) in [6, 6.07) is 10.4. The maximum atomic E-state index is 12.7. The molecule has 0 spiro atoms. The Morgan fingerprint density at radius 2 is 1.84 bits per heavy atom. The summed E-state index contributed by atoms with van der Waals surface area (Å²) >= 11 is 0. The number of hydrogen-bond donors (Lipinski definition) is 4. The first-order valence-electron chi connectivity index (χ1n) is 9.64. The molecule has 0 heterocycles. The maximum Gasteiger partial charge on any atom is 0.416 e. The van der Waals surface area contributed by atoms with Crippen molar-refractivity contribution in [2.75, 3.05) is 18.5 Å². The van der Waals surface area contributed by atoms with E-state index in [0.717, 1.165) is 25.0 Å². The molecule has 7 nitrogen and oxygen atoms in total. The van der Waals surface area contributed by atoms with Crippen LogP contribution in [0.4, 0.5) is 23.7 Å². The van der Waals surface area contributed by atoms with E-state index < -0.39 is 23.8 Å². The normalized spacial score (nSPS) is 14.5. The van der Waals surface area contributed by atoms with Crippen LogP contribution in [0.3, 0.4) is 0 Å². The number of hydrogen-bond acceptors (Lipinski definition) is 4. The van der Waals surface area contributed by atoms with Crippen molar-refractivity contribution in [1.29, 1.82) is 0 Å². The van der Waals surface area contributed by atoms with Crippen molar-refractivity contribution in [3.05, 3.63) is 59.7 Å². The summed E-state index contributed by atoms with van der Waals surface area (Å²) in [7, 11) is 0. The van der Waals surface area contributed by atoms with Gasteiger partial charge in [-0.2, -0.15) is 13.2 Å². The van der Waals surface area contributed by atoms with Crippen LogP contribution >= 0.6 is 0 Å². The zero-order valence-electron chi connectivity index (χ0n) is 16.4. The maximum absolute atomic E-state index is 12.7. The Bertz CT molecular complexity index is 915. The van der Waals surface area contributed by atoms with Crippen LogP contribution in [0.15, 0.2) is 48.5 Å². The molecule has 1 unspecified atom stereocenters. The minimum absolute atomic E-state index is 0.0333. The fraction of sp³-hybridized carbons (Fsp3) is 0.333. The van der Waals surface area contributed by atoms with Crippen LogP contribution in [0.1, 0.15) is 28.8 Å². The van der Waals surface area contributed by atoms with Crippen molar-refractivity contribution in [1.82, 2.24) is 10.6 Å². The molecule has 166 valence electrons. The van der Waals surface area contributed by atoms with Gasteiger partial charge in [0.05, 0.1) is 5.56 Å². The van der Waals surface area contributed by atoms with E-state index in [1.807, 2.05) is 0 Å². The van der Waals surface area contributed by atoms with Gasteiger partial charge >= 0.3 is 12.2 Å². The number of anilines is 1. The lowest BCUT2D eigenvalue weighted by Gasteiger charge is -2.14. The number of benzene rings is 2. The van der Waals surface area contributed by atoms with Crippen LogP contribution in [-0.2, 0) is 6.18 Å². The van der Waals surface area contributed by atoms with Crippen molar-refractivity contribution < 1.29 is 32.6 Å². The lowest BCUT2D eigenvalue weighted by atomic mass is 10.2. The molecule has 10 heteroatoms. The molecule has 0 bridgehead atoms. The van der Waals surface area contributed by atoms with Crippen LogP contribution in [0.25, 0.3) is 0 Å². The molecule has 1 atom stereocenters. The Hall–Kier alpha value is -3.27. The van der Waals surface area contributed by atoms with Crippen molar-refractivity contribution in [2.24, 2.45) is 0 Å². The van der Waals surface area contributed by atoms with Crippen LogP contribution in [0, 0.1) is 0 Å². The summed E-state index contributed by atoms with van der Waals surface area (Å²) in [6.07, 6.45) is -3.66. The van der Waals surface area contributed by atoms with Gasteiger partial charge in [-0.25, -0.2) is 4.79 Å². The number of carbonyl (C=O) groups excluding carboxylic acids is 2. The highest BCUT2D eigenvalue weighted by Gasteiger charge is 2.30. The number of amides is 3. The molecule has 1 aliphatic carbocycles. The van der Waals surface area contributed by atoms with Gasteiger partial charge in [-0.1, -0.05) is 6.07 Å². The molecule has 3 rings (SSSR count). The van der Waals surface area contributed by atoms with Gasteiger partial charge in [0.15, 0.2) is 0 Å². The Labute approximate surface area is 176 Å². The standard InChI is InChI=1S/C21H22F3N3O4/c22-21(23,24)14-2-1-3-18(10-14)31-12-17(28)11-25-19(29)13-4-6-15(7-5-13)26-20(30)27-16-8-9-16/h1-7,10,16-17,28H,8-9,11-12H2,(H,25,29)(H2,26,27,30). The average molecular weight is 437 g/mol. The third-order valence-corrected chi connectivity index (χ3v) is 4.42. The fourth-order valence-corrected chi connectivity index (χ4v) is 2.61. The monoisotopic (exact) mass is 437 g/mol. The van der Waals surface area contributed by atoms with Gasteiger partial charge < -0.3 is 25.8 Å². The van der Waals surface area contributed by atoms with Gasteiger partial charge in [-0.3, -0.25) is 4.79 Å². The molecule has 2 aromatic carbocycles. The van der Waals surface area contributed by atoms with Crippen molar-refractivity contribution >= 4 is 17.6 Å². The van der Waals surface area contributed by atoms with Crippen LogP contribution < -0.4 is 20.7 Å². The number of ether oxygens (including phenoxy) is 1. The van der Waals surface area contributed by atoms with Gasteiger partial charge in [-0.15, -0.1) is 0 Å². The minimum atomic E-state index is -4.49. The Morgan fingerprint density at radius 3 is 2.48 bits per heavy atom. The van der Waals surface area contributed by atoms with Gasteiger partial charge in [0.25, 0.3) is 5.91 Å². The highest BCUT2D eigenvalue weighted by atomic mass is 19.4. The number of aliphatic hydroxyl groups excluding tert-OH is 1. The number of nitrogens with one attached hydrogen (secondary N) is 3. The van der Waals surface area contributed by atoms with Crippen molar-refractivity contribution in [2.45, 2.75) is 31.2 Å². The number of rotatable bonds is 8.